The van der Waals surface area contributed by atoms with Crippen molar-refractivity contribution in [3.05, 3.63) is 23.3 Å². The molecule has 0 spiro atoms. The fourth-order valence-corrected chi connectivity index (χ4v) is 1.33. The smallest absolute Gasteiger partial charge is 0.116 e. The minimum absolute atomic E-state index is 0.600. The summed E-state index contributed by atoms with van der Waals surface area (Å²) in [7, 11) is 0. The van der Waals surface area contributed by atoms with E-state index in [1.165, 1.54) is 5.56 Å². The molecule has 1 aromatic heterocycles. The van der Waals surface area contributed by atoms with Crippen LogP contribution in [0.2, 0.25) is 0 Å². The zero-order valence-electron chi connectivity index (χ0n) is 8.50. The summed E-state index contributed by atoms with van der Waals surface area (Å²) in [5.74, 6) is 0. The normalized spacial score (nSPS) is 10.4. The van der Waals surface area contributed by atoms with Gasteiger partial charge in [-0.1, -0.05) is 6.92 Å². The first kappa shape index (κ1) is 10.1. The van der Waals surface area contributed by atoms with Crippen LogP contribution < -0.4 is 0 Å². The average Bonchev–Trinajstić information content (AvgIpc) is 2.15. The van der Waals surface area contributed by atoms with Gasteiger partial charge in [-0.15, -0.1) is 0 Å². The van der Waals surface area contributed by atoms with E-state index < -0.39 is 0 Å². The zero-order valence-corrected chi connectivity index (χ0v) is 8.50. The van der Waals surface area contributed by atoms with Crippen molar-refractivity contribution in [3.8, 4) is 0 Å². The van der Waals surface area contributed by atoms with Crippen LogP contribution in [-0.4, -0.2) is 16.6 Å². The zero-order chi connectivity index (χ0) is 9.68. The Labute approximate surface area is 79.2 Å². The fourth-order valence-electron chi connectivity index (χ4n) is 1.33. The summed E-state index contributed by atoms with van der Waals surface area (Å²) in [5.41, 5.74) is 3.31. The maximum Gasteiger partial charge on any atom is 0.116 e. The van der Waals surface area contributed by atoms with Crippen molar-refractivity contribution >= 4 is 0 Å². The molecule has 72 valence electrons. The van der Waals surface area contributed by atoms with Crippen molar-refractivity contribution in [3.63, 3.8) is 0 Å². The monoisotopic (exact) mass is 180 g/mol. The molecule has 0 unspecified atom stereocenters. The summed E-state index contributed by atoms with van der Waals surface area (Å²) < 4.78 is 5.33. The van der Waals surface area contributed by atoms with Crippen LogP contribution in [0.5, 0.6) is 0 Å². The quantitative estimate of drug-likeness (QED) is 0.709. The van der Waals surface area contributed by atoms with E-state index >= 15 is 0 Å². The Kier molecular flexibility index (Phi) is 3.83. The average molecular weight is 180 g/mol. The Morgan fingerprint density at radius 1 is 1.31 bits per heavy atom. The minimum Gasteiger partial charge on any atom is -0.375 e. The third-order valence-electron chi connectivity index (χ3n) is 2.05. The van der Waals surface area contributed by atoms with Crippen LogP contribution >= 0.6 is 0 Å². The number of hydrogen-bond acceptors (Lipinski definition) is 3. The first-order valence-corrected chi connectivity index (χ1v) is 4.66. The van der Waals surface area contributed by atoms with E-state index in [-0.39, 0.29) is 0 Å². The van der Waals surface area contributed by atoms with Gasteiger partial charge in [-0.2, -0.15) is 0 Å². The highest BCUT2D eigenvalue weighted by molar-refractivity contribution is 5.22. The van der Waals surface area contributed by atoms with Crippen LogP contribution in [0.3, 0.4) is 0 Å². The third kappa shape index (κ3) is 2.49. The van der Waals surface area contributed by atoms with Crippen LogP contribution in [0, 0.1) is 6.92 Å². The van der Waals surface area contributed by atoms with Gasteiger partial charge in [0.1, 0.15) is 6.33 Å². The molecule has 0 saturated carbocycles. The highest BCUT2D eigenvalue weighted by Crippen LogP contribution is 2.10. The van der Waals surface area contributed by atoms with E-state index in [0.717, 1.165) is 24.4 Å². The molecule has 1 rings (SSSR count). The van der Waals surface area contributed by atoms with Crippen molar-refractivity contribution in [2.24, 2.45) is 0 Å². The molecule has 0 radical (unpaired) electrons. The van der Waals surface area contributed by atoms with Gasteiger partial charge in [-0.25, -0.2) is 9.97 Å². The van der Waals surface area contributed by atoms with Crippen molar-refractivity contribution in [1.82, 2.24) is 9.97 Å². The van der Waals surface area contributed by atoms with Gasteiger partial charge in [0.05, 0.1) is 12.3 Å². The molecule has 0 fully saturated rings. The molecule has 1 aromatic rings. The summed E-state index contributed by atoms with van der Waals surface area (Å²) in [6.45, 7) is 7.44. The summed E-state index contributed by atoms with van der Waals surface area (Å²) in [5, 5.41) is 0. The van der Waals surface area contributed by atoms with E-state index in [1.807, 2.05) is 13.8 Å². The van der Waals surface area contributed by atoms with Crippen LogP contribution in [-0.2, 0) is 17.8 Å². The second-order valence-electron chi connectivity index (χ2n) is 2.88. The highest BCUT2D eigenvalue weighted by atomic mass is 16.5. The molecule has 0 aromatic carbocycles. The lowest BCUT2D eigenvalue weighted by Crippen LogP contribution is -2.04. The SMILES string of the molecule is CCOCc1ncnc(C)c1CC. The molecule has 3 nitrogen and oxygen atoms in total. The number of rotatable bonds is 4. The Bertz CT molecular complexity index is 274. The second-order valence-corrected chi connectivity index (χ2v) is 2.88. The number of aryl methyl sites for hydroxylation is 1. The van der Waals surface area contributed by atoms with Gasteiger partial charge >= 0.3 is 0 Å². The summed E-state index contributed by atoms with van der Waals surface area (Å²) in [4.78, 5) is 8.36. The molecular weight excluding hydrogens is 164 g/mol. The minimum atomic E-state index is 0.600. The van der Waals surface area contributed by atoms with Crippen LogP contribution in [0.1, 0.15) is 30.8 Å². The maximum atomic E-state index is 5.33. The van der Waals surface area contributed by atoms with Crippen LogP contribution in [0.4, 0.5) is 0 Å². The molecule has 0 saturated heterocycles. The van der Waals surface area contributed by atoms with Crippen molar-refractivity contribution < 1.29 is 4.74 Å². The Morgan fingerprint density at radius 3 is 2.69 bits per heavy atom. The van der Waals surface area contributed by atoms with Gasteiger partial charge < -0.3 is 4.74 Å². The molecule has 0 bridgehead atoms. The van der Waals surface area contributed by atoms with E-state index in [4.69, 9.17) is 4.74 Å². The summed E-state index contributed by atoms with van der Waals surface area (Å²) >= 11 is 0. The third-order valence-corrected chi connectivity index (χ3v) is 2.05. The standard InChI is InChI=1S/C10H16N2O/c1-4-9-8(3)11-7-12-10(9)6-13-5-2/h7H,4-6H2,1-3H3. The highest BCUT2D eigenvalue weighted by Gasteiger charge is 2.05. The molecule has 1 heterocycles. The molecule has 0 atom stereocenters. The van der Waals surface area contributed by atoms with Crippen LogP contribution in [0.25, 0.3) is 0 Å². The predicted molar refractivity (Wildman–Crippen MR) is 51.5 cm³/mol. The number of nitrogens with zero attached hydrogens (tertiary/aromatic N) is 2. The van der Waals surface area contributed by atoms with E-state index in [9.17, 15) is 0 Å². The Morgan fingerprint density at radius 2 is 2.08 bits per heavy atom. The lowest BCUT2D eigenvalue weighted by atomic mass is 10.1. The summed E-state index contributed by atoms with van der Waals surface area (Å²) in [6, 6.07) is 0. The molecule has 0 amide bonds. The fraction of sp³-hybridized carbons (Fsp3) is 0.600. The van der Waals surface area contributed by atoms with Gasteiger partial charge in [0.25, 0.3) is 0 Å². The molecule has 13 heavy (non-hydrogen) atoms. The van der Waals surface area contributed by atoms with E-state index in [2.05, 4.69) is 16.9 Å². The van der Waals surface area contributed by atoms with Gasteiger partial charge in [-0.3, -0.25) is 0 Å². The van der Waals surface area contributed by atoms with Crippen molar-refractivity contribution in [2.75, 3.05) is 6.61 Å². The number of ether oxygens (including phenoxy) is 1. The topological polar surface area (TPSA) is 35.0 Å². The Hall–Kier alpha value is -0.960. The van der Waals surface area contributed by atoms with Gasteiger partial charge in [0.2, 0.25) is 0 Å². The molecule has 0 aliphatic rings. The predicted octanol–water partition coefficient (Wildman–Crippen LogP) is 1.88. The van der Waals surface area contributed by atoms with Gasteiger partial charge in [0, 0.05) is 12.3 Å². The van der Waals surface area contributed by atoms with E-state index in [1.54, 1.807) is 6.33 Å². The first-order chi connectivity index (χ1) is 6.29. The van der Waals surface area contributed by atoms with Gasteiger partial charge in [0.15, 0.2) is 0 Å². The molecular formula is C10H16N2O. The van der Waals surface area contributed by atoms with Crippen molar-refractivity contribution in [1.29, 1.82) is 0 Å². The summed E-state index contributed by atoms with van der Waals surface area (Å²) in [6.07, 6.45) is 2.57. The molecule has 0 aliphatic carbocycles. The largest absolute Gasteiger partial charge is 0.375 e. The molecule has 0 N–H and O–H groups in total. The van der Waals surface area contributed by atoms with E-state index in [0.29, 0.717) is 6.61 Å². The lowest BCUT2D eigenvalue weighted by Gasteiger charge is -2.08. The Balaban J connectivity index is 2.85. The lowest BCUT2D eigenvalue weighted by molar-refractivity contribution is 0.130. The number of aromatic nitrogens is 2. The van der Waals surface area contributed by atoms with Gasteiger partial charge in [-0.05, 0) is 25.8 Å². The van der Waals surface area contributed by atoms with Crippen molar-refractivity contribution in [2.45, 2.75) is 33.8 Å². The van der Waals surface area contributed by atoms with Crippen LogP contribution in [0.15, 0.2) is 6.33 Å². The second kappa shape index (κ2) is 4.92. The first-order valence-electron chi connectivity index (χ1n) is 4.66. The number of hydrogen-bond donors (Lipinski definition) is 0. The molecule has 0 aliphatic heterocycles. The maximum absolute atomic E-state index is 5.33. The molecule has 3 heteroatoms.